The van der Waals surface area contributed by atoms with Crippen molar-refractivity contribution in [3.8, 4) is 0 Å². The van der Waals surface area contributed by atoms with Crippen LogP contribution in [0.3, 0.4) is 0 Å². The van der Waals surface area contributed by atoms with Crippen molar-refractivity contribution in [3.63, 3.8) is 0 Å². The fourth-order valence-corrected chi connectivity index (χ4v) is 2.92. The third-order valence-corrected chi connectivity index (χ3v) is 4.02. The SMILES string of the molecule is CN1CCC(O)(CN=C(N)NC2CCCCC2)C1. The maximum Gasteiger partial charge on any atom is 0.188 e. The van der Waals surface area contributed by atoms with Crippen LogP contribution in [0.4, 0.5) is 0 Å². The molecule has 5 nitrogen and oxygen atoms in total. The van der Waals surface area contributed by atoms with Crippen LogP contribution in [0.2, 0.25) is 0 Å². The van der Waals surface area contributed by atoms with Crippen LogP contribution in [-0.2, 0) is 0 Å². The zero-order chi connectivity index (χ0) is 13.0. The molecule has 0 spiro atoms. The molecule has 104 valence electrons. The van der Waals surface area contributed by atoms with Crippen LogP contribution in [0.5, 0.6) is 0 Å². The minimum Gasteiger partial charge on any atom is -0.387 e. The van der Waals surface area contributed by atoms with Crippen LogP contribution in [0.1, 0.15) is 38.5 Å². The molecule has 5 heteroatoms. The standard InChI is InChI=1S/C13H26N4O/c1-17-8-7-13(18,10-17)9-15-12(14)16-11-5-3-2-4-6-11/h11,18H,2-10H2,1H3,(H3,14,15,16). The lowest BCUT2D eigenvalue weighted by Gasteiger charge is -2.24. The summed E-state index contributed by atoms with van der Waals surface area (Å²) in [4.78, 5) is 6.44. The average Bonchev–Trinajstić information content (AvgIpc) is 2.69. The minimum atomic E-state index is -0.687. The molecule has 2 aliphatic rings. The molecule has 1 aliphatic carbocycles. The van der Waals surface area contributed by atoms with Crippen molar-refractivity contribution in [2.24, 2.45) is 10.7 Å². The van der Waals surface area contributed by atoms with Gasteiger partial charge in [-0.3, -0.25) is 4.99 Å². The van der Waals surface area contributed by atoms with E-state index in [-0.39, 0.29) is 0 Å². The molecule has 0 aromatic carbocycles. The lowest BCUT2D eigenvalue weighted by Crippen LogP contribution is -2.43. The number of nitrogens with zero attached hydrogens (tertiary/aromatic N) is 2. The van der Waals surface area contributed by atoms with E-state index < -0.39 is 5.60 Å². The number of hydrogen-bond donors (Lipinski definition) is 3. The van der Waals surface area contributed by atoms with Gasteiger partial charge in [0.25, 0.3) is 0 Å². The van der Waals surface area contributed by atoms with Crippen molar-refractivity contribution in [1.82, 2.24) is 10.2 Å². The summed E-state index contributed by atoms with van der Waals surface area (Å²) in [5, 5.41) is 13.6. The molecule has 0 aromatic rings. The third kappa shape index (κ3) is 3.85. The van der Waals surface area contributed by atoms with E-state index in [1.165, 1.54) is 32.1 Å². The van der Waals surface area contributed by atoms with Gasteiger partial charge in [0.2, 0.25) is 0 Å². The van der Waals surface area contributed by atoms with E-state index in [0.717, 1.165) is 13.0 Å². The highest BCUT2D eigenvalue weighted by atomic mass is 16.3. The van der Waals surface area contributed by atoms with Crippen LogP contribution in [0, 0.1) is 0 Å². The highest BCUT2D eigenvalue weighted by Crippen LogP contribution is 2.20. The number of β-amino-alcohol motifs (C(OH)–C–C–N with tert-alkyl or cyclic N) is 1. The summed E-state index contributed by atoms with van der Waals surface area (Å²) in [7, 11) is 2.02. The lowest BCUT2D eigenvalue weighted by molar-refractivity contribution is 0.0614. The topological polar surface area (TPSA) is 73.9 Å². The van der Waals surface area contributed by atoms with Gasteiger partial charge in [-0.1, -0.05) is 19.3 Å². The maximum absolute atomic E-state index is 10.3. The van der Waals surface area contributed by atoms with Crippen LogP contribution >= 0.6 is 0 Å². The van der Waals surface area contributed by atoms with Crippen molar-refractivity contribution >= 4 is 5.96 Å². The fraction of sp³-hybridized carbons (Fsp3) is 0.923. The first-order valence-corrected chi connectivity index (χ1v) is 7.05. The Bertz CT molecular complexity index is 301. The van der Waals surface area contributed by atoms with Crippen molar-refractivity contribution in [2.75, 3.05) is 26.7 Å². The number of rotatable bonds is 3. The Morgan fingerprint density at radius 2 is 2.17 bits per heavy atom. The fourth-order valence-electron chi connectivity index (χ4n) is 2.92. The number of aliphatic hydroxyl groups is 1. The van der Waals surface area contributed by atoms with E-state index in [1.54, 1.807) is 0 Å². The van der Waals surface area contributed by atoms with Gasteiger partial charge in [0.1, 0.15) is 0 Å². The molecule has 0 radical (unpaired) electrons. The maximum atomic E-state index is 10.3. The van der Waals surface area contributed by atoms with Gasteiger partial charge in [-0.05, 0) is 26.3 Å². The van der Waals surface area contributed by atoms with E-state index in [1.807, 2.05) is 7.05 Å². The third-order valence-electron chi connectivity index (χ3n) is 4.02. The number of likely N-dealkylation sites (tertiary alicyclic amines) is 1. The summed E-state index contributed by atoms with van der Waals surface area (Å²) in [5.74, 6) is 0.491. The predicted octanol–water partition coefficient (Wildman–Crippen LogP) is 0.290. The summed E-state index contributed by atoms with van der Waals surface area (Å²) in [6.45, 7) is 2.03. The highest BCUT2D eigenvalue weighted by Gasteiger charge is 2.34. The zero-order valence-corrected chi connectivity index (χ0v) is 11.4. The van der Waals surface area contributed by atoms with E-state index in [2.05, 4.69) is 15.2 Å². The number of likely N-dealkylation sites (N-methyl/N-ethyl adjacent to an activating group) is 1. The molecule has 0 amide bonds. The number of aliphatic imine (C=N–C) groups is 1. The van der Waals surface area contributed by atoms with Crippen LogP contribution in [0.25, 0.3) is 0 Å². The second-order valence-corrected chi connectivity index (χ2v) is 5.89. The molecule has 1 unspecified atom stereocenters. The summed E-state index contributed by atoms with van der Waals surface area (Å²) in [6.07, 6.45) is 7.04. The number of guanidine groups is 1. The largest absolute Gasteiger partial charge is 0.387 e. The van der Waals surface area contributed by atoms with E-state index in [0.29, 0.717) is 25.1 Å². The predicted molar refractivity (Wildman–Crippen MR) is 73.6 cm³/mol. The minimum absolute atomic E-state index is 0.406. The Hall–Kier alpha value is -0.810. The molecule has 0 bridgehead atoms. The first-order valence-electron chi connectivity index (χ1n) is 7.05. The first kappa shape index (κ1) is 13.6. The average molecular weight is 254 g/mol. The van der Waals surface area contributed by atoms with Gasteiger partial charge in [-0.15, -0.1) is 0 Å². The molecular formula is C13H26N4O. The van der Waals surface area contributed by atoms with Gasteiger partial charge in [0, 0.05) is 19.1 Å². The van der Waals surface area contributed by atoms with Crippen LogP contribution < -0.4 is 11.1 Å². The summed E-state index contributed by atoms with van der Waals surface area (Å²) >= 11 is 0. The smallest absolute Gasteiger partial charge is 0.188 e. The molecule has 18 heavy (non-hydrogen) atoms. The van der Waals surface area contributed by atoms with Gasteiger partial charge in [0.05, 0.1) is 12.1 Å². The molecule has 2 rings (SSSR count). The Balaban J connectivity index is 1.77. The molecule has 0 aromatic heterocycles. The monoisotopic (exact) mass is 254 g/mol. The van der Waals surface area contributed by atoms with Crippen molar-refractivity contribution in [3.05, 3.63) is 0 Å². The van der Waals surface area contributed by atoms with Gasteiger partial charge in [-0.25, -0.2) is 0 Å². The van der Waals surface area contributed by atoms with Crippen LogP contribution in [-0.4, -0.2) is 54.3 Å². The molecular weight excluding hydrogens is 228 g/mol. The van der Waals surface area contributed by atoms with Gasteiger partial charge in [0.15, 0.2) is 5.96 Å². The van der Waals surface area contributed by atoms with E-state index in [9.17, 15) is 5.11 Å². The van der Waals surface area contributed by atoms with Crippen molar-refractivity contribution in [1.29, 1.82) is 0 Å². The molecule has 1 aliphatic heterocycles. The normalized spacial score (nSPS) is 31.8. The Labute approximate surface area is 109 Å². The molecule has 1 saturated carbocycles. The first-order chi connectivity index (χ1) is 8.57. The number of nitrogens with two attached hydrogens (primary N) is 1. The molecule has 1 saturated heterocycles. The number of nitrogens with one attached hydrogen (secondary N) is 1. The quantitative estimate of drug-likeness (QED) is 0.500. The van der Waals surface area contributed by atoms with E-state index in [4.69, 9.17) is 5.73 Å². The van der Waals surface area contributed by atoms with Crippen molar-refractivity contribution < 1.29 is 5.11 Å². The molecule has 4 N–H and O–H groups in total. The van der Waals surface area contributed by atoms with Gasteiger partial charge < -0.3 is 21.1 Å². The Kier molecular flexibility index (Phi) is 4.45. The lowest BCUT2D eigenvalue weighted by atomic mass is 9.96. The molecule has 1 heterocycles. The summed E-state index contributed by atoms with van der Waals surface area (Å²) in [5.41, 5.74) is 5.20. The molecule has 1 atom stereocenters. The second kappa shape index (κ2) is 5.89. The second-order valence-electron chi connectivity index (χ2n) is 5.89. The van der Waals surface area contributed by atoms with E-state index >= 15 is 0 Å². The summed E-state index contributed by atoms with van der Waals surface area (Å²) in [6, 6.07) is 0.475. The molecule has 2 fully saturated rings. The van der Waals surface area contributed by atoms with Gasteiger partial charge in [-0.2, -0.15) is 0 Å². The highest BCUT2D eigenvalue weighted by molar-refractivity contribution is 5.78. The zero-order valence-electron chi connectivity index (χ0n) is 11.4. The number of hydrogen-bond acceptors (Lipinski definition) is 3. The van der Waals surface area contributed by atoms with Crippen molar-refractivity contribution in [2.45, 2.75) is 50.2 Å². The Morgan fingerprint density at radius 1 is 1.44 bits per heavy atom. The summed E-state index contributed by atoms with van der Waals surface area (Å²) < 4.78 is 0. The van der Waals surface area contributed by atoms with Crippen LogP contribution in [0.15, 0.2) is 4.99 Å². The van der Waals surface area contributed by atoms with Gasteiger partial charge >= 0.3 is 0 Å². The Morgan fingerprint density at radius 3 is 2.78 bits per heavy atom.